The second-order valence-electron chi connectivity index (χ2n) is 9.39. The van der Waals surface area contributed by atoms with E-state index in [2.05, 4.69) is 70.8 Å². The topological polar surface area (TPSA) is 35.6 Å². The molecule has 3 heterocycles. The summed E-state index contributed by atoms with van der Waals surface area (Å²) >= 11 is 1.79. The standard InChI is InChI=1S/C26H33N3OS/c1-18-10-13-28(14-11-18)26(30)20-5-8-24-22(15-20)23-16-27-12-9-25(23)29(24)17-19-3-6-21(31-2)7-4-19/h3-8,15,18,23,25,27H,9-14,16-17H2,1-2H3. The summed E-state index contributed by atoms with van der Waals surface area (Å²) in [4.78, 5) is 19.1. The third-order valence-corrected chi connectivity index (χ3v) is 8.16. The first kappa shape index (κ1) is 20.9. The molecule has 0 bridgehead atoms. The van der Waals surface area contributed by atoms with Crippen molar-refractivity contribution in [3.05, 3.63) is 59.2 Å². The van der Waals surface area contributed by atoms with Crippen LogP contribution in [0.4, 0.5) is 5.69 Å². The van der Waals surface area contributed by atoms with Crippen LogP contribution in [0.25, 0.3) is 0 Å². The summed E-state index contributed by atoms with van der Waals surface area (Å²) in [7, 11) is 0. The highest BCUT2D eigenvalue weighted by Crippen LogP contribution is 2.44. The van der Waals surface area contributed by atoms with Crippen molar-refractivity contribution < 1.29 is 4.79 Å². The lowest BCUT2D eigenvalue weighted by Crippen LogP contribution is -2.43. The maximum absolute atomic E-state index is 13.2. The van der Waals surface area contributed by atoms with Crippen LogP contribution in [0.2, 0.25) is 0 Å². The van der Waals surface area contributed by atoms with Gasteiger partial charge in [-0.1, -0.05) is 19.1 Å². The van der Waals surface area contributed by atoms with E-state index < -0.39 is 0 Å². The zero-order valence-corrected chi connectivity index (χ0v) is 19.5. The Morgan fingerprint density at radius 3 is 2.61 bits per heavy atom. The van der Waals surface area contributed by atoms with Crippen molar-refractivity contribution in [2.45, 2.75) is 49.6 Å². The van der Waals surface area contributed by atoms with E-state index in [4.69, 9.17) is 0 Å². The van der Waals surface area contributed by atoms with Crippen molar-refractivity contribution in [3.63, 3.8) is 0 Å². The number of carbonyl (C=O) groups is 1. The Balaban J connectivity index is 1.41. The minimum Gasteiger partial charge on any atom is -0.363 e. The average molecular weight is 436 g/mol. The predicted molar refractivity (Wildman–Crippen MR) is 129 cm³/mol. The molecule has 1 amide bonds. The normalized spacial score (nSPS) is 23.5. The molecule has 0 saturated carbocycles. The van der Waals surface area contributed by atoms with Crippen molar-refractivity contribution in [2.75, 3.05) is 37.3 Å². The van der Waals surface area contributed by atoms with Crippen LogP contribution in [0.15, 0.2) is 47.4 Å². The molecule has 2 aromatic rings. The highest BCUT2D eigenvalue weighted by atomic mass is 32.2. The molecule has 5 rings (SSSR count). The molecular formula is C26H33N3OS. The first-order valence-corrected chi connectivity index (χ1v) is 12.9. The molecule has 0 spiro atoms. The van der Waals surface area contributed by atoms with E-state index in [1.807, 2.05) is 0 Å². The molecule has 164 valence electrons. The zero-order valence-electron chi connectivity index (χ0n) is 18.6. The summed E-state index contributed by atoms with van der Waals surface area (Å²) in [5, 5.41) is 3.59. The van der Waals surface area contributed by atoms with Crippen molar-refractivity contribution in [3.8, 4) is 0 Å². The Hall–Kier alpha value is -1.98. The average Bonchev–Trinajstić information content (AvgIpc) is 3.13. The second kappa shape index (κ2) is 8.87. The molecule has 2 unspecified atom stereocenters. The van der Waals surface area contributed by atoms with Gasteiger partial charge in [-0.3, -0.25) is 4.79 Å². The fourth-order valence-corrected chi connectivity index (χ4v) is 5.89. The first-order valence-electron chi connectivity index (χ1n) is 11.7. The number of nitrogens with zero attached hydrogens (tertiary/aromatic N) is 2. The Kier molecular flexibility index (Phi) is 5.98. The maximum atomic E-state index is 13.2. The number of carbonyl (C=O) groups excluding carboxylic acids is 1. The molecule has 2 atom stereocenters. The quantitative estimate of drug-likeness (QED) is 0.703. The number of hydrogen-bond acceptors (Lipinski definition) is 4. The predicted octanol–water partition coefficient (Wildman–Crippen LogP) is 4.75. The summed E-state index contributed by atoms with van der Waals surface area (Å²) in [6.07, 6.45) is 5.51. The van der Waals surface area contributed by atoms with E-state index >= 15 is 0 Å². The van der Waals surface area contributed by atoms with Crippen molar-refractivity contribution in [1.82, 2.24) is 10.2 Å². The van der Waals surface area contributed by atoms with E-state index in [1.54, 1.807) is 11.8 Å². The number of benzene rings is 2. The van der Waals surface area contributed by atoms with Gasteiger partial charge in [0.25, 0.3) is 5.91 Å². The molecule has 3 aliphatic rings. The van der Waals surface area contributed by atoms with Crippen LogP contribution < -0.4 is 10.2 Å². The fraction of sp³-hybridized carbons (Fsp3) is 0.500. The smallest absolute Gasteiger partial charge is 0.253 e. The van der Waals surface area contributed by atoms with Gasteiger partial charge in [0.1, 0.15) is 0 Å². The Labute approximate surface area is 190 Å². The number of hydrogen-bond donors (Lipinski definition) is 1. The molecule has 2 fully saturated rings. The SMILES string of the molecule is CSc1ccc(CN2c3ccc(C(=O)N4CCC(C)CC4)cc3C3CNCCC32)cc1. The Morgan fingerprint density at radius 1 is 1.10 bits per heavy atom. The maximum Gasteiger partial charge on any atom is 0.253 e. The van der Waals surface area contributed by atoms with Crippen molar-refractivity contribution in [1.29, 1.82) is 0 Å². The van der Waals surface area contributed by atoms with E-state index in [-0.39, 0.29) is 5.91 Å². The van der Waals surface area contributed by atoms with Crippen molar-refractivity contribution >= 4 is 23.4 Å². The van der Waals surface area contributed by atoms with Gasteiger partial charge in [-0.25, -0.2) is 0 Å². The molecule has 2 aromatic carbocycles. The lowest BCUT2D eigenvalue weighted by molar-refractivity contribution is 0.0697. The Morgan fingerprint density at radius 2 is 1.87 bits per heavy atom. The van der Waals surface area contributed by atoms with Gasteiger partial charge >= 0.3 is 0 Å². The van der Waals surface area contributed by atoms with Crippen LogP contribution >= 0.6 is 11.8 Å². The van der Waals surface area contributed by atoms with Gasteiger partial charge < -0.3 is 15.1 Å². The summed E-state index contributed by atoms with van der Waals surface area (Å²) < 4.78 is 0. The number of thioether (sulfide) groups is 1. The molecule has 0 aromatic heterocycles. The summed E-state index contributed by atoms with van der Waals surface area (Å²) in [6, 6.07) is 16.0. The summed E-state index contributed by atoms with van der Waals surface area (Å²) in [5.41, 5.74) is 4.89. The fourth-order valence-electron chi connectivity index (χ4n) is 5.48. The number of piperidine rings is 2. The van der Waals surface area contributed by atoms with E-state index in [9.17, 15) is 4.79 Å². The molecule has 0 aliphatic carbocycles. The number of amides is 1. The minimum atomic E-state index is 0.209. The summed E-state index contributed by atoms with van der Waals surface area (Å²) in [5.74, 6) is 1.40. The van der Waals surface area contributed by atoms with Crippen LogP contribution in [0, 0.1) is 5.92 Å². The van der Waals surface area contributed by atoms with Gasteiger partial charge in [-0.05, 0) is 79.4 Å². The second-order valence-corrected chi connectivity index (χ2v) is 10.3. The molecule has 4 nitrogen and oxygen atoms in total. The monoisotopic (exact) mass is 435 g/mol. The largest absolute Gasteiger partial charge is 0.363 e. The van der Waals surface area contributed by atoms with E-state index in [0.29, 0.717) is 12.0 Å². The molecule has 31 heavy (non-hydrogen) atoms. The third kappa shape index (κ3) is 4.10. The molecule has 5 heteroatoms. The van der Waals surface area contributed by atoms with Crippen LogP contribution in [0.5, 0.6) is 0 Å². The zero-order chi connectivity index (χ0) is 21.4. The highest BCUT2D eigenvalue weighted by Gasteiger charge is 2.40. The number of rotatable bonds is 4. The van der Waals surface area contributed by atoms with E-state index in [0.717, 1.165) is 63.5 Å². The van der Waals surface area contributed by atoms with Gasteiger partial charge in [-0.2, -0.15) is 0 Å². The van der Waals surface area contributed by atoms with Crippen LogP contribution in [-0.4, -0.2) is 49.3 Å². The Bertz CT molecular complexity index is 936. The molecule has 1 N–H and O–H groups in total. The van der Waals surface area contributed by atoms with Crippen LogP contribution in [0.1, 0.15) is 53.6 Å². The van der Waals surface area contributed by atoms with Crippen molar-refractivity contribution in [2.24, 2.45) is 5.92 Å². The van der Waals surface area contributed by atoms with Gasteiger partial charge in [0.05, 0.1) is 0 Å². The number of nitrogens with one attached hydrogen (secondary N) is 1. The van der Waals surface area contributed by atoms with Crippen LogP contribution in [-0.2, 0) is 6.54 Å². The molecule has 0 radical (unpaired) electrons. The highest BCUT2D eigenvalue weighted by molar-refractivity contribution is 7.98. The minimum absolute atomic E-state index is 0.209. The number of anilines is 1. The van der Waals surface area contributed by atoms with Gasteiger partial charge in [0.2, 0.25) is 0 Å². The first-order chi connectivity index (χ1) is 15.1. The number of fused-ring (bicyclic) bond motifs is 3. The summed E-state index contributed by atoms with van der Waals surface area (Å²) in [6.45, 7) is 7.07. The lowest BCUT2D eigenvalue weighted by Gasteiger charge is -2.34. The van der Waals surface area contributed by atoms with Gasteiger partial charge in [0.15, 0.2) is 0 Å². The van der Waals surface area contributed by atoms with E-state index in [1.165, 1.54) is 21.7 Å². The van der Waals surface area contributed by atoms with Gasteiger partial charge in [-0.15, -0.1) is 11.8 Å². The lowest BCUT2D eigenvalue weighted by atomic mass is 9.89. The molecule has 2 saturated heterocycles. The van der Waals surface area contributed by atoms with Crippen LogP contribution in [0.3, 0.4) is 0 Å². The molecular weight excluding hydrogens is 402 g/mol. The third-order valence-electron chi connectivity index (χ3n) is 7.41. The number of likely N-dealkylation sites (tertiary alicyclic amines) is 1. The van der Waals surface area contributed by atoms with Gasteiger partial charge in [0, 0.05) is 54.3 Å². The molecule has 3 aliphatic heterocycles.